The molecule has 1 aliphatic rings. The maximum absolute atomic E-state index is 15.9. The van der Waals surface area contributed by atoms with Crippen molar-refractivity contribution in [1.82, 2.24) is 14.8 Å². The molecule has 0 amide bonds. The Kier molecular flexibility index (Phi) is 5.16. The maximum atomic E-state index is 15.9. The van der Waals surface area contributed by atoms with Crippen LogP contribution in [0.5, 0.6) is 0 Å². The number of aromatic nitrogens is 3. The number of carbonyl (C=O) groups is 1. The van der Waals surface area contributed by atoms with Gasteiger partial charge < -0.3 is 14.4 Å². The summed E-state index contributed by atoms with van der Waals surface area (Å²) in [5.41, 5.74) is 2.57. The van der Waals surface area contributed by atoms with Crippen LogP contribution in [0, 0.1) is 17.5 Å². The van der Waals surface area contributed by atoms with Crippen molar-refractivity contribution in [2.75, 3.05) is 6.61 Å². The highest BCUT2D eigenvalue weighted by atomic mass is 19.2. The van der Waals surface area contributed by atoms with E-state index in [2.05, 4.69) is 10.2 Å². The lowest BCUT2D eigenvalue weighted by molar-refractivity contribution is -0.153. The average Bonchev–Trinajstić information content (AvgIpc) is 3.39. The highest BCUT2D eigenvalue weighted by molar-refractivity contribution is 5.99. The van der Waals surface area contributed by atoms with Gasteiger partial charge in [0.1, 0.15) is 5.52 Å². The van der Waals surface area contributed by atoms with E-state index in [1.54, 1.807) is 10.6 Å². The van der Waals surface area contributed by atoms with Crippen molar-refractivity contribution < 1.29 is 27.8 Å². The molecule has 4 aromatic rings. The molecule has 172 valence electrons. The van der Waals surface area contributed by atoms with E-state index in [-0.39, 0.29) is 24.0 Å². The van der Waals surface area contributed by atoms with Crippen LogP contribution in [0.1, 0.15) is 49.8 Å². The van der Waals surface area contributed by atoms with Gasteiger partial charge in [-0.3, -0.25) is 5.10 Å². The summed E-state index contributed by atoms with van der Waals surface area (Å²) in [5, 5.41) is 16.8. The summed E-state index contributed by atoms with van der Waals surface area (Å²) in [6.07, 6.45) is 1.40. The summed E-state index contributed by atoms with van der Waals surface area (Å²) < 4.78 is 51.1. The zero-order valence-corrected chi connectivity index (χ0v) is 18.0. The minimum absolute atomic E-state index is 0.103. The number of hydrogen-bond donors (Lipinski definition) is 2. The molecule has 6 nitrogen and oxygen atoms in total. The Morgan fingerprint density at radius 3 is 2.64 bits per heavy atom. The van der Waals surface area contributed by atoms with Gasteiger partial charge in [-0.15, -0.1) is 0 Å². The number of fused-ring (bicyclic) bond motifs is 2. The molecule has 1 saturated heterocycles. The molecule has 2 aromatic heterocycles. The number of benzene rings is 2. The van der Waals surface area contributed by atoms with Gasteiger partial charge in [0, 0.05) is 34.1 Å². The maximum Gasteiger partial charge on any atom is 0.332 e. The largest absolute Gasteiger partial charge is 0.479 e. The van der Waals surface area contributed by atoms with E-state index in [1.807, 2.05) is 13.8 Å². The summed E-state index contributed by atoms with van der Waals surface area (Å²) >= 11 is 0. The van der Waals surface area contributed by atoms with Gasteiger partial charge in [-0.05, 0) is 42.5 Å². The van der Waals surface area contributed by atoms with Crippen molar-refractivity contribution in [1.29, 1.82) is 0 Å². The second-order valence-corrected chi connectivity index (χ2v) is 8.74. The molecule has 9 heteroatoms. The fourth-order valence-corrected chi connectivity index (χ4v) is 4.91. The summed E-state index contributed by atoms with van der Waals surface area (Å²) in [6.45, 7) is 4.01. The number of hydrogen-bond acceptors (Lipinski definition) is 3. The molecule has 33 heavy (non-hydrogen) atoms. The summed E-state index contributed by atoms with van der Waals surface area (Å²) in [6, 6.07) is 5.38. The van der Waals surface area contributed by atoms with E-state index in [9.17, 15) is 18.7 Å². The van der Waals surface area contributed by atoms with Crippen molar-refractivity contribution >= 4 is 27.8 Å². The Bertz CT molecular complexity index is 1380. The molecule has 0 spiro atoms. The smallest absolute Gasteiger partial charge is 0.332 e. The molecule has 1 aliphatic heterocycles. The molecule has 5 rings (SSSR count). The molecule has 1 fully saturated rings. The van der Waals surface area contributed by atoms with Gasteiger partial charge in [-0.1, -0.05) is 13.8 Å². The van der Waals surface area contributed by atoms with E-state index in [0.717, 1.165) is 17.8 Å². The molecule has 2 atom stereocenters. The van der Waals surface area contributed by atoms with Gasteiger partial charge in [-0.25, -0.2) is 18.0 Å². The van der Waals surface area contributed by atoms with Crippen LogP contribution in [0.25, 0.3) is 27.5 Å². The Balaban J connectivity index is 1.82. The normalized spacial score (nSPS) is 19.1. The Hall–Kier alpha value is -3.33. The third-order valence-electron chi connectivity index (χ3n) is 6.35. The minimum atomic E-state index is -1.02. The van der Waals surface area contributed by atoms with Crippen molar-refractivity contribution in [3.05, 3.63) is 59.2 Å². The highest BCUT2D eigenvalue weighted by Crippen LogP contribution is 2.44. The molecular formula is C24H22F3N3O3. The minimum Gasteiger partial charge on any atom is -0.479 e. The van der Waals surface area contributed by atoms with E-state index in [4.69, 9.17) is 4.74 Å². The van der Waals surface area contributed by atoms with Crippen LogP contribution in [-0.2, 0) is 9.53 Å². The van der Waals surface area contributed by atoms with Gasteiger partial charge >= 0.3 is 5.97 Å². The van der Waals surface area contributed by atoms with Crippen LogP contribution in [0.4, 0.5) is 13.2 Å². The first-order valence-corrected chi connectivity index (χ1v) is 10.8. The third kappa shape index (κ3) is 3.38. The molecule has 2 unspecified atom stereocenters. The van der Waals surface area contributed by atoms with E-state index < -0.39 is 29.5 Å². The van der Waals surface area contributed by atoms with Gasteiger partial charge in [-0.2, -0.15) is 5.10 Å². The predicted molar refractivity (Wildman–Crippen MR) is 116 cm³/mol. The number of nitrogens with zero attached hydrogens (tertiary/aromatic N) is 2. The Morgan fingerprint density at radius 2 is 2.00 bits per heavy atom. The van der Waals surface area contributed by atoms with Crippen molar-refractivity contribution in [3.63, 3.8) is 0 Å². The standard InChI is InChI=1S/C24H22F3N3O3/c1-11(2)23-19(12-3-6-18(24(31)32)33-10-12)20-17(7-13-9-28-29-22(13)21(20)27)30(23)14-4-5-15(25)16(26)8-14/h4-5,7-9,11-12,18H,3,6,10H2,1-2H3,(H,28,29)(H,31,32). The molecule has 2 aromatic carbocycles. The Labute approximate surface area is 187 Å². The van der Waals surface area contributed by atoms with Gasteiger partial charge in [0.15, 0.2) is 23.6 Å². The highest BCUT2D eigenvalue weighted by Gasteiger charge is 2.34. The fourth-order valence-electron chi connectivity index (χ4n) is 4.91. The molecule has 0 radical (unpaired) electrons. The summed E-state index contributed by atoms with van der Waals surface area (Å²) in [7, 11) is 0. The van der Waals surface area contributed by atoms with Crippen LogP contribution in [0.3, 0.4) is 0 Å². The third-order valence-corrected chi connectivity index (χ3v) is 6.35. The molecular weight excluding hydrogens is 435 g/mol. The second-order valence-electron chi connectivity index (χ2n) is 8.74. The summed E-state index contributed by atoms with van der Waals surface area (Å²) in [4.78, 5) is 11.3. The first-order valence-electron chi connectivity index (χ1n) is 10.8. The number of carboxylic acid groups (broad SMARTS) is 1. The van der Waals surface area contributed by atoms with Gasteiger partial charge in [0.2, 0.25) is 0 Å². The monoisotopic (exact) mass is 457 g/mol. The van der Waals surface area contributed by atoms with Gasteiger partial charge in [0.05, 0.1) is 18.3 Å². The van der Waals surface area contributed by atoms with Crippen LogP contribution in [0.15, 0.2) is 30.5 Å². The lowest BCUT2D eigenvalue weighted by Gasteiger charge is -2.28. The topological polar surface area (TPSA) is 80.1 Å². The zero-order valence-electron chi connectivity index (χ0n) is 18.0. The quantitative estimate of drug-likeness (QED) is 0.430. The number of halogens is 3. The number of aromatic amines is 1. The van der Waals surface area contributed by atoms with Crippen LogP contribution in [-0.4, -0.2) is 38.6 Å². The molecule has 0 bridgehead atoms. The van der Waals surface area contributed by atoms with Crippen molar-refractivity contribution in [3.8, 4) is 5.69 Å². The average molecular weight is 457 g/mol. The van der Waals surface area contributed by atoms with Crippen LogP contribution in [0.2, 0.25) is 0 Å². The number of rotatable bonds is 4. The summed E-state index contributed by atoms with van der Waals surface area (Å²) in [5.74, 6) is -3.84. The van der Waals surface area contributed by atoms with E-state index in [1.165, 1.54) is 12.3 Å². The number of carboxylic acids is 1. The SMILES string of the molecule is CC(C)c1c(C2CCC(C(=O)O)OC2)c2c(F)c3[nH]ncc3cc2n1-c1ccc(F)c(F)c1. The van der Waals surface area contributed by atoms with Crippen molar-refractivity contribution in [2.24, 2.45) is 0 Å². The lowest BCUT2D eigenvalue weighted by Crippen LogP contribution is -2.31. The number of H-pyrrole nitrogens is 1. The Morgan fingerprint density at radius 1 is 1.21 bits per heavy atom. The number of nitrogens with one attached hydrogen (secondary N) is 1. The van der Waals surface area contributed by atoms with E-state index in [0.29, 0.717) is 40.4 Å². The fraction of sp³-hybridized carbons (Fsp3) is 0.333. The zero-order chi connectivity index (χ0) is 23.4. The predicted octanol–water partition coefficient (Wildman–Crippen LogP) is 5.39. The lowest BCUT2D eigenvalue weighted by atomic mass is 9.86. The van der Waals surface area contributed by atoms with E-state index >= 15 is 4.39 Å². The molecule has 0 aliphatic carbocycles. The molecule has 3 heterocycles. The molecule has 0 saturated carbocycles. The second kappa shape index (κ2) is 7.91. The first kappa shape index (κ1) is 21.5. The number of ether oxygens (including phenoxy) is 1. The van der Waals surface area contributed by atoms with Gasteiger partial charge in [0.25, 0.3) is 0 Å². The van der Waals surface area contributed by atoms with Crippen LogP contribution < -0.4 is 0 Å². The molecule has 2 N–H and O–H groups in total. The van der Waals surface area contributed by atoms with Crippen molar-refractivity contribution in [2.45, 2.75) is 44.6 Å². The van der Waals surface area contributed by atoms with Crippen LogP contribution >= 0.6 is 0 Å². The number of aliphatic carboxylic acids is 1. The first-order chi connectivity index (χ1) is 15.8.